The number of hydrogen-bond donors (Lipinski definition) is 1. The van der Waals surface area contributed by atoms with Crippen molar-refractivity contribution >= 4 is 16.8 Å². The van der Waals surface area contributed by atoms with E-state index < -0.39 is 0 Å². The summed E-state index contributed by atoms with van der Waals surface area (Å²) in [6.07, 6.45) is 1.90. The number of para-hydroxylation sites is 1. The molecule has 0 aliphatic rings. The van der Waals surface area contributed by atoms with Gasteiger partial charge in [-0.05, 0) is 49.2 Å². The van der Waals surface area contributed by atoms with Gasteiger partial charge in [0, 0.05) is 24.2 Å². The molecule has 2 heterocycles. The number of rotatable bonds is 4. The summed E-state index contributed by atoms with van der Waals surface area (Å²) in [5, 5.41) is 8.64. The Kier molecular flexibility index (Phi) is 4.65. The quantitative estimate of drug-likeness (QED) is 0.578. The highest BCUT2D eigenvalue weighted by atomic mass is 16.1. The van der Waals surface area contributed by atoms with Gasteiger partial charge in [-0.25, -0.2) is 4.98 Å². The van der Waals surface area contributed by atoms with Gasteiger partial charge in [-0.15, -0.1) is 0 Å². The Hall–Kier alpha value is -3.47. The van der Waals surface area contributed by atoms with Crippen LogP contribution in [0.2, 0.25) is 0 Å². The summed E-state index contributed by atoms with van der Waals surface area (Å²) in [7, 11) is 1.89. The average Bonchev–Trinajstić information content (AvgIpc) is 3.13. The summed E-state index contributed by atoms with van der Waals surface area (Å²) in [6.45, 7) is 3.95. The zero-order chi connectivity index (χ0) is 19.7. The van der Waals surface area contributed by atoms with Crippen molar-refractivity contribution in [2.75, 3.05) is 0 Å². The largest absolute Gasteiger partial charge is 0.345 e. The fourth-order valence-electron chi connectivity index (χ4n) is 3.42. The maximum Gasteiger partial charge on any atom is 0.252 e. The number of nitrogens with one attached hydrogen (secondary N) is 1. The van der Waals surface area contributed by atoms with E-state index in [9.17, 15) is 4.79 Å². The normalized spacial score (nSPS) is 12.1. The number of hydrogen-bond acceptors (Lipinski definition) is 3. The molecular formula is C23H22N4O. The number of nitrogens with zero attached hydrogens (tertiary/aromatic N) is 3. The molecule has 4 rings (SSSR count). The Morgan fingerprint density at radius 1 is 1.04 bits per heavy atom. The Balaban J connectivity index is 1.74. The minimum absolute atomic E-state index is 0.0779. The first-order chi connectivity index (χ1) is 13.5. The van der Waals surface area contributed by atoms with Gasteiger partial charge in [0.1, 0.15) is 5.69 Å². The molecule has 0 fully saturated rings. The number of carbonyl (C=O) groups excluding carboxylic acids is 1. The van der Waals surface area contributed by atoms with Crippen molar-refractivity contribution in [2.45, 2.75) is 19.9 Å². The van der Waals surface area contributed by atoms with Gasteiger partial charge < -0.3 is 5.32 Å². The van der Waals surface area contributed by atoms with E-state index in [1.54, 1.807) is 4.68 Å². The molecule has 2 aromatic carbocycles. The van der Waals surface area contributed by atoms with Crippen LogP contribution in [0, 0.1) is 6.92 Å². The molecule has 1 amide bonds. The van der Waals surface area contributed by atoms with Gasteiger partial charge in [-0.1, -0.05) is 36.4 Å². The van der Waals surface area contributed by atoms with Gasteiger partial charge in [0.15, 0.2) is 0 Å². The van der Waals surface area contributed by atoms with E-state index in [1.165, 1.54) is 0 Å². The monoisotopic (exact) mass is 370 g/mol. The van der Waals surface area contributed by atoms with Crippen LogP contribution in [0.15, 0.2) is 66.9 Å². The molecule has 4 aromatic rings. The minimum atomic E-state index is -0.178. The van der Waals surface area contributed by atoms with Crippen LogP contribution in [-0.4, -0.2) is 20.7 Å². The Morgan fingerprint density at radius 2 is 1.79 bits per heavy atom. The van der Waals surface area contributed by atoms with Gasteiger partial charge >= 0.3 is 0 Å². The second kappa shape index (κ2) is 7.27. The third-order valence-corrected chi connectivity index (χ3v) is 4.93. The van der Waals surface area contributed by atoms with E-state index in [2.05, 4.69) is 10.4 Å². The molecule has 28 heavy (non-hydrogen) atoms. The third-order valence-electron chi connectivity index (χ3n) is 4.93. The van der Waals surface area contributed by atoms with Gasteiger partial charge in [-0.2, -0.15) is 5.10 Å². The van der Waals surface area contributed by atoms with Gasteiger partial charge in [0.2, 0.25) is 0 Å². The highest BCUT2D eigenvalue weighted by Gasteiger charge is 2.17. The number of carbonyl (C=O) groups is 1. The molecule has 140 valence electrons. The van der Waals surface area contributed by atoms with Gasteiger partial charge in [-0.3, -0.25) is 9.48 Å². The van der Waals surface area contributed by atoms with Gasteiger partial charge in [0.05, 0.1) is 17.3 Å². The maximum atomic E-state index is 12.8. The van der Waals surface area contributed by atoms with Crippen LogP contribution >= 0.6 is 0 Å². The lowest BCUT2D eigenvalue weighted by Gasteiger charge is -2.18. The van der Waals surface area contributed by atoms with Crippen molar-refractivity contribution < 1.29 is 4.79 Å². The van der Waals surface area contributed by atoms with Crippen LogP contribution in [0.25, 0.3) is 22.3 Å². The van der Waals surface area contributed by atoms with Crippen LogP contribution in [0.3, 0.4) is 0 Å². The fourth-order valence-corrected chi connectivity index (χ4v) is 3.42. The molecule has 0 radical (unpaired) electrons. The van der Waals surface area contributed by atoms with Crippen LogP contribution in [-0.2, 0) is 7.05 Å². The van der Waals surface area contributed by atoms with E-state index in [-0.39, 0.29) is 11.9 Å². The van der Waals surface area contributed by atoms with Crippen molar-refractivity contribution in [3.63, 3.8) is 0 Å². The Morgan fingerprint density at radius 3 is 2.54 bits per heavy atom. The molecule has 0 spiro atoms. The molecule has 0 unspecified atom stereocenters. The SMILES string of the molecule is Cc1ccccc1C(=O)N[C@H](C)c1cc(-c2ccn(C)n2)nc2ccccc12. The van der Waals surface area contributed by atoms with Crippen LogP contribution < -0.4 is 5.32 Å². The molecule has 0 saturated carbocycles. The van der Waals surface area contributed by atoms with Crippen LogP contribution in [0.1, 0.15) is 34.5 Å². The predicted octanol–water partition coefficient (Wildman–Crippen LogP) is 4.43. The predicted molar refractivity (Wildman–Crippen MR) is 111 cm³/mol. The molecule has 0 aliphatic heterocycles. The number of pyridine rings is 1. The third kappa shape index (κ3) is 3.39. The molecule has 0 saturated heterocycles. The Bertz CT molecular complexity index is 1160. The standard InChI is InChI=1S/C23H22N4O/c1-15-8-4-5-9-17(15)23(28)24-16(2)19-14-22(21-12-13-27(3)26-21)25-20-11-7-6-10-18(19)20/h4-14,16H,1-3H3,(H,24,28)/t16-/m1/s1. The first-order valence-electron chi connectivity index (χ1n) is 9.29. The molecule has 0 bridgehead atoms. The summed E-state index contributed by atoms with van der Waals surface area (Å²) >= 11 is 0. The van der Waals surface area contributed by atoms with Crippen molar-refractivity contribution in [1.82, 2.24) is 20.1 Å². The number of fused-ring (bicyclic) bond motifs is 1. The summed E-state index contributed by atoms with van der Waals surface area (Å²) in [5.41, 5.74) is 5.17. The van der Waals surface area contributed by atoms with Crippen LogP contribution in [0.5, 0.6) is 0 Å². The number of benzene rings is 2. The second-order valence-electron chi connectivity index (χ2n) is 7.00. The molecular weight excluding hydrogens is 348 g/mol. The average molecular weight is 370 g/mol. The summed E-state index contributed by atoms with van der Waals surface area (Å²) in [6, 6.07) is 19.4. The number of amides is 1. The molecule has 1 N–H and O–H groups in total. The van der Waals surface area contributed by atoms with Crippen molar-refractivity contribution in [2.24, 2.45) is 7.05 Å². The lowest BCUT2D eigenvalue weighted by atomic mass is 10.00. The first kappa shape index (κ1) is 17.9. The molecule has 5 heteroatoms. The van der Waals surface area contributed by atoms with E-state index in [1.807, 2.05) is 87.8 Å². The van der Waals surface area contributed by atoms with E-state index in [0.717, 1.165) is 33.4 Å². The highest BCUT2D eigenvalue weighted by Crippen LogP contribution is 2.28. The summed E-state index contributed by atoms with van der Waals surface area (Å²) in [5.74, 6) is -0.0779. The second-order valence-corrected chi connectivity index (χ2v) is 7.00. The lowest BCUT2D eigenvalue weighted by Crippen LogP contribution is -2.27. The molecule has 5 nitrogen and oxygen atoms in total. The summed E-state index contributed by atoms with van der Waals surface area (Å²) in [4.78, 5) is 17.6. The first-order valence-corrected chi connectivity index (χ1v) is 9.29. The lowest BCUT2D eigenvalue weighted by molar-refractivity contribution is 0.0939. The molecule has 2 aromatic heterocycles. The van der Waals surface area contributed by atoms with Crippen molar-refractivity contribution in [3.8, 4) is 11.4 Å². The van der Waals surface area contributed by atoms with Crippen molar-refractivity contribution in [1.29, 1.82) is 0 Å². The fraction of sp³-hybridized carbons (Fsp3) is 0.174. The number of aromatic nitrogens is 3. The van der Waals surface area contributed by atoms with Crippen LogP contribution in [0.4, 0.5) is 0 Å². The zero-order valence-corrected chi connectivity index (χ0v) is 16.2. The highest BCUT2D eigenvalue weighted by molar-refractivity contribution is 5.96. The molecule has 1 atom stereocenters. The smallest absolute Gasteiger partial charge is 0.252 e. The number of aryl methyl sites for hydroxylation is 2. The minimum Gasteiger partial charge on any atom is -0.345 e. The van der Waals surface area contributed by atoms with E-state index >= 15 is 0 Å². The van der Waals surface area contributed by atoms with Crippen molar-refractivity contribution in [3.05, 3.63) is 83.6 Å². The topological polar surface area (TPSA) is 59.8 Å². The van der Waals surface area contributed by atoms with E-state index in [4.69, 9.17) is 4.98 Å². The Labute approximate surface area is 164 Å². The zero-order valence-electron chi connectivity index (χ0n) is 16.2. The van der Waals surface area contributed by atoms with Gasteiger partial charge in [0.25, 0.3) is 5.91 Å². The summed E-state index contributed by atoms with van der Waals surface area (Å²) < 4.78 is 1.76. The maximum absolute atomic E-state index is 12.8. The molecule has 0 aliphatic carbocycles. The van der Waals surface area contributed by atoms with E-state index in [0.29, 0.717) is 5.56 Å².